The van der Waals surface area contributed by atoms with E-state index in [0.717, 1.165) is 5.52 Å². The molecule has 5 rings (SSSR count). The number of rotatable bonds is 2. The Morgan fingerprint density at radius 1 is 0.593 bits per heavy atom. The molecule has 0 bridgehead atoms. The Hall–Kier alpha value is -2.72. The Balaban J connectivity index is 0.000000178. The number of anilines is 2. The largest absolute Gasteiger partial charge is 0.664 e. The molecule has 4 aromatic rings. The molecule has 1 aliphatic rings. The first kappa shape index (κ1) is 19.1. The summed E-state index contributed by atoms with van der Waals surface area (Å²) in [4.78, 5) is 8.33. The standard InChI is InChI=1S/C15H13N2.C8H6N.Au/c1-3-7-14(8-4-1)16-11-12-17(13-16)15-9-5-2-6-10-15;1-2-4-8-7(3-1)5-6-9-8;/h1-13H;1-6H;/q2*-1;. The maximum Gasteiger partial charge on any atom is 0.0124 e. The van der Waals surface area contributed by atoms with Crippen LogP contribution in [0.2, 0.25) is 0 Å². The Labute approximate surface area is 175 Å². The minimum Gasteiger partial charge on any atom is -0.664 e. The van der Waals surface area contributed by atoms with Gasteiger partial charge in [0.25, 0.3) is 0 Å². The van der Waals surface area contributed by atoms with E-state index in [1.165, 1.54) is 16.8 Å². The van der Waals surface area contributed by atoms with Crippen molar-refractivity contribution in [2.75, 3.05) is 9.80 Å². The SMILES string of the molecule is C1=CN(c2ccccc2)[CH-]N1c1ccccc1.[Au].c1ccc2[n-]ccc2c1. The van der Waals surface area contributed by atoms with Crippen molar-refractivity contribution >= 4 is 22.3 Å². The third kappa shape index (κ3) is 4.72. The van der Waals surface area contributed by atoms with Gasteiger partial charge < -0.3 is 14.8 Å². The molecule has 4 heteroatoms. The smallest absolute Gasteiger partial charge is 0.0124 e. The summed E-state index contributed by atoms with van der Waals surface area (Å²) in [5, 5.41) is 1.22. The van der Waals surface area contributed by atoms with E-state index in [2.05, 4.69) is 64.2 Å². The second-order valence-electron chi connectivity index (χ2n) is 5.90. The fraction of sp³-hybridized carbons (Fsp3) is 0. The molecule has 3 nitrogen and oxygen atoms in total. The van der Waals surface area contributed by atoms with Crippen LogP contribution < -0.4 is 14.8 Å². The van der Waals surface area contributed by atoms with Gasteiger partial charge >= 0.3 is 0 Å². The zero-order chi connectivity index (χ0) is 17.6. The van der Waals surface area contributed by atoms with Gasteiger partial charge in [0.05, 0.1) is 0 Å². The van der Waals surface area contributed by atoms with Gasteiger partial charge in [-0.15, -0.1) is 12.2 Å². The van der Waals surface area contributed by atoms with E-state index in [1.54, 1.807) is 0 Å². The Bertz CT molecular complexity index is 902. The Morgan fingerprint density at radius 3 is 1.67 bits per heavy atom. The van der Waals surface area contributed by atoms with Crippen molar-refractivity contribution in [2.45, 2.75) is 0 Å². The minimum atomic E-state index is 0. The molecule has 0 unspecified atom stereocenters. The van der Waals surface area contributed by atoms with Crippen LogP contribution in [0.5, 0.6) is 0 Å². The number of benzene rings is 3. The number of hydrogen-bond acceptors (Lipinski definition) is 2. The first-order valence-electron chi connectivity index (χ1n) is 8.57. The zero-order valence-corrected chi connectivity index (χ0v) is 16.8. The van der Waals surface area contributed by atoms with E-state index in [1.807, 2.05) is 66.9 Å². The molecule has 0 saturated carbocycles. The van der Waals surface area contributed by atoms with E-state index < -0.39 is 0 Å². The van der Waals surface area contributed by atoms with Crippen LogP contribution in [0.3, 0.4) is 0 Å². The van der Waals surface area contributed by atoms with Gasteiger partial charge in [-0.1, -0.05) is 66.7 Å². The zero-order valence-electron chi connectivity index (χ0n) is 14.6. The molecule has 139 valence electrons. The van der Waals surface area contributed by atoms with Gasteiger partial charge in [0, 0.05) is 33.8 Å². The summed E-state index contributed by atoms with van der Waals surface area (Å²) >= 11 is 0. The molecule has 0 amide bonds. The second kappa shape index (κ2) is 9.28. The van der Waals surface area contributed by atoms with Gasteiger partial charge in [-0.3, -0.25) is 0 Å². The summed E-state index contributed by atoms with van der Waals surface area (Å²) < 4.78 is 0. The fourth-order valence-electron chi connectivity index (χ4n) is 2.80. The molecule has 1 aromatic heterocycles. The predicted octanol–water partition coefficient (Wildman–Crippen LogP) is 5.40. The van der Waals surface area contributed by atoms with Gasteiger partial charge in [0.15, 0.2) is 0 Å². The molecule has 1 radical (unpaired) electrons. The molecule has 0 fully saturated rings. The average Bonchev–Trinajstić information content (AvgIpc) is 3.40. The predicted molar refractivity (Wildman–Crippen MR) is 109 cm³/mol. The summed E-state index contributed by atoms with van der Waals surface area (Å²) in [6.07, 6.45) is 5.94. The van der Waals surface area contributed by atoms with Crippen LogP contribution >= 0.6 is 0 Å². The first-order valence-corrected chi connectivity index (χ1v) is 8.57. The van der Waals surface area contributed by atoms with Crippen LogP contribution in [0.4, 0.5) is 11.4 Å². The van der Waals surface area contributed by atoms with Crippen molar-refractivity contribution in [3.63, 3.8) is 0 Å². The van der Waals surface area contributed by atoms with Gasteiger partial charge in [-0.2, -0.15) is 6.20 Å². The normalized spacial score (nSPS) is 12.4. The van der Waals surface area contributed by atoms with Crippen LogP contribution in [-0.2, 0) is 22.4 Å². The summed E-state index contributed by atoms with van der Waals surface area (Å²) in [7, 11) is 0. The molecule has 3 aromatic carbocycles. The average molecular weight is 534 g/mol. The molecule has 0 saturated heterocycles. The van der Waals surface area contributed by atoms with Crippen molar-refractivity contribution in [1.29, 1.82) is 0 Å². The quantitative estimate of drug-likeness (QED) is 0.254. The maximum absolute atomic E-state index is 4.12. The van der Waals surface area contributed by atoms with Crippen molar-refractivity contribution < 1.29 is 22.4 Å². The minimum absolute atomic E-state index is 0. The van der Waals surface area contributed by atoms with Crippen molar-refractivity contribution in [2.24, 2.45) is 0 Å². The van der Waals surface area contributed by atoms with Gasteiger partial charge in [0.1, 0.15) is 0 Å². The summed E-state index contributed by atoms with van der Waals surface area (Å²) in [5.41, 5.74) is 3.42. The maximum atomic E-state index is 4.12. The van der Waals surface area contributed by atoms with E-state index in [4.69, 9.17) is 0 Å². The van der Waals surface area contributed by atoms with E-state index >= 15 is 0 Å². The van der Waals surface area contributed by atoms with Crippen molar-refractivity contribution in [3.8, 4) is 0 Å². The molecular formula is C23H19AuN3-2. The summed E-state index contributed by atoms with van der Waals surface area (Å²) in [5.74, 6) is 0. The molecule has 0 N–H and O–H groups in total. The second-order valence-corrected chi connectivity index (χ2v) is 5.90. The number of para-hydroxylation sites is 3. The summed E-state index contributed by atoms with van der Waals surface area (Å²) in [6.45, 7) is 2.07. The van der Waals surface area contributed by atoms with Gasteiger partial charge in [-0.05, 0) is 42.1 Å². The Morgan fingerprint density at radius 2 is 1.11 bits per heavy atom. The molecule has 0 aliphatic carbocycles. The van der Waals surface area contributed by atoms with Crippen LogP contribution in [0.15, 0.2) is 110 Å². The van der Waals surface area contributed by atoms with Crippen LogP contribution in [0.1, 0.15) is 0 Å². The molecule has 2 heterocycles. The third-order valence-electron chi connectivity index (χ3n) is 4.15. The van der Waals surface area contributed by atoms with E-state index in [0.29, 0.717) is 0 Å². The van der Waals surface area contributed by atoms with E-state index in [9.17, 15) is 0 Å². The third-order valence-corrected chi connectivity index (χ3v) is 4.15. The van der Waals surface area contributed by atoms with Crippen LogP contribution in [-0.4, -0.2) is 0 Å². The molecule has 0 spiro atoms. The Kier molecular flexibility index (Phi) is 6.55. The fourth-order valence-corrected chi connectivity index (χ4v) is 2.80. The number of fused-ring (bicyclic) bond motifs is 1. The van der Waals surface area contributed by atoms with Gasteiger partial charge in [0.2, 0.25) is 0 Å². The molecular weight excluding hydrogens is 515 g/mol. The molecule has 1 aliphatic heterocycles. The molecule has 0 atom stereocenters. The van der Waals surface area contributed by atoms with Crippen LogP contribution in [0.25, 0.3) is 10.9 Å². The first-order chi connectivity index (χ1) is 12.9. The van der Waals surface area contributed by atoms with Gasteiger partial charge in [-0.25, -0.2) is 0 Å². The topological polar surface area (TPSA) is 20.6 Å². The molecule has 27 heavy (non-hydrogen) atoms. The summed E-state index contributed by atoms with van der Waals surface area (Å²) in [6, 6.07) is 30.7. The van der Waals surface area contributed by atoms with Crippen molar-refractivity contribution in [3.05, 3.63) is 116 Å². The number of nitrogens with zero attached hydrogens (tertiary/aromatic N) is 3. The monoisotopic (exact) mass is 534 g/mol. The number of aromatic nitrogens is 1. The number of hydrogen-bond donors (Lipinski definition) is 0. The van der Waals surface area contributed by atoms with Crippen LogP contribution in [0, 0.1) is 6.67 Å². The van der Waals surface area contributed by atoms with E-state index in [-0.39, 0.29) is 22.4 Å². The van der Waals surface area contributed by atoms with Crippen molar-refractivity contribution in [1.82, 2.24) is 4.98 Å².